The Balaban J connectivity index is 0.981. The van der Waals surface area contributed by atoms with Gasteiger partial charge in [-0.25, -0.2) is 0 Å². The molecule has 0 spiro atoms. The van der Waals surface area contributed by atoms with Gasteiger partial charge in [-0.1, -0.05) is 79.2 Å². The lowest BCUT2D eigenvalue weighted by Gasteiger charge is -2.26. The van der Waals surface area contributed by atoms with Crippen LogP contribution in [0.25, 0.3) is 32.3 Å². The van der Waals surface area contributed by atoms with Crippen molar-refractivity contribution in [2.75, 3.05) is 98.2 Å². The van der Waals surface area contributed by atoms with Crippen molar-refractivity contribution in [1.82, 2.24) is 36.4 Å². The van der Waals surface area contributed by atoms with Gasteiger partial charge >= 0.3 is 0 Å². The minimum Gasteiger partial charge on any atom is -0.377 e. The lowest BCUT2D eigenvalue weighted by Crippen LogP contribution is -2.41. The summed E-state index contributed by atoms with van der Waals surface area (Å²) in [5.74, 6) is 0. The monoisotopic (exact) mass is 732 g/mol. The third-order valence-corrected chi connectivity index (χ3v) is 11.4. The van der Waals surface area contributed by atoms with Crippen molar-refractivity contribution in [3.63, 3.8) is 0 Å². The van der Waals surface area contributed by atoms with Crippen molar-refractivity contribution >= 4 is 32.3 Å². The first kappa shape index (κ1) is 39.1. The van der Waals surface area contributed by atoms with Crippen molar-refractivity contribution in [3.8, 4) is 0 Å². The summed E-state index contributed by atoms with van der Waals surface area (Å²) in [6.07, 6.45) is 7.08. The van der Waals surface area contributed by atoms with Gasteiger partial charge in [0.1, 0.15) is 0 Å². The van der Waals surface area contributed by atoms with Crippen LogP contribution in [0.1, 0.15) is 54.4 Å². The molecule has 8 heteroatoms. The van der Waals surface area contributed by atoms with E-state index in [1.807, 2.05) is 0 Å². The van der Waals surface area contributed by atoms with Crippen LogP contribution in [0.4, 0.5) is 0 Å². The maximum Gasteiger partial charge on any atom is 0.0717 e. The van der Waals surface area contributed by atoms with Gasteiger partial charge in [0.25, 0.3) is 0 Å². The molecule has 0 aliphatic carbocycles. The van der Waals surface area contributed by atoms with Crippen molar-refractivity contribution in [2.45, 2.75) is 58.2 Å². The van der Waals surface area contributed by atoms with E-state index in [0.29, 0.717) is 6.61 Å². The van der Waals surface area contributed by atoms with Crippen LogP contribution >= 0.6 is 0 Å². The fraction of sp³-hybridized carbons (Fsp3) is 0.522. The van der Waals surface area contributed by atoms with Gasteiger partial charge in [-0.05, 0) is 99.8 Å². The summed E-state index contributed by atoms with van der Waals surface area (Å²) in [6.45, 7) is 18.2. The van der Waals surface area contributed by atoms with Crippen molar-refractivity contribution in [3.05, 3.63) is 95.1 Å². The van der Waals surface area contributed by atoms with Crippen molar-refractivity contribution in [2.24, 2.45) is 0 Å². The maximum atomic E-state index is 6.44. The van der Waals surface area contributed by atoms with Crippen molar-refractivity contribution < 1.29 is 4.74 Å². The third kappa shape index (κ3) is 11.4. The van der Waals surface area contributed by atoms with Gasteiger partial charge < -0.3 is 31.3 Å². The first-order valence-corrected chi connectivity index (χ1v) is 21.1. The molecule has 2 aliphatic rings. The Hall–Kier alpha value is -3.18. The Kier molecular flexibility index (Phi) is 15.3. The van der Waals surface area contributed by atoms with E-state index in [1.165, 1.54) is 73.8 Å². The van der Waals surface area contributed by atoms with Crippen molar-refractivity contribution in [1.29, 1.82) is 0 Å². The summed E-state index contributed by atoms with van der Waals surface area (Å²) in [6, 6.07) is 27.8. The molecular formula is C46H65N7O. The molecule has 5 aromatic rings. The number of nitrogens with zero attached hydrogens (tertiary/aromatic N) is 2. The molecule has 0 aromatic heterocycles. The minimum absolute atomic E-state index is 0.671. The third-order valence-electron chi connectivity index (χ3n) is 11.4. The first-order valence-electron chi connectivity index (χ1n) is 21.1. The fourth-order valence-corrected chi connectivity index (χ4v) is 8.51. The van der Waals surface area contributed by atoms with Crippen LogP contribution in [0.2, 0.25) is 0 Å². The smallest absolute Gasteiger partial charge is 0.0717 e. The number of nitrogens with one attached hydrogen (secondary N) is 5. The quantitative estimate of drug-likeness (QED) is 0.0854. The fourth-order valence-electron chi connectivity index (χ4n) is 8.51. The number of hydrogen-bond acceptors (Lipinski definition) is 8. The van der Waals surface area contributed by atoms with Gasteiger partial charge in [-0.2, -0.15) is 0 Å². The van der Waals surface area contributed by atoms with E-state index in [4.69, 9.17) is 4.74 Å². The van der Waals surface area contributed by atoms with E-state index in [0.717, 1.165) is 131 Å². The Morgan fingerprint density at radius 2 is 1.04 bits per heavy atom. The standard InChI is InChI=1S/C46H65N7O/c1-3-16-47-17-20-49-23-27-52(26-4-1)34-37-31-38(35-53-28-24-50-21-18-48-19-22-51-25-29-53)33-39(32-37)36-54-30-5-2-7-40-10-11-43-13-12-41-8-6-9-42-14-15-44(40)46(43)45(41)42/h6,8-15,31-33,47-51H,1-5,7,16-30,34-36H2. The number of aryl methyl sites for hydroxylation is 1. The van der Waals surface area contributed by atoms with E-state index in [2.05, 4.69) is 109 Å². The SMILES string of the molecule is c1cc2ccc3ccc(CCCCOCc4cc(CN5CCCCCNCCNCC5)cc(CN5CCNCCNCCNCC5)c4)c4ccc(c1)c2c34. The second kappa shape index (κ2) is 21.2. The molecule has 0 amide bonds. The predicted molar refractivity (Wildman–Crippen MR) is 228 cm³/mol. The Morgan fingerprint density at radius 3 is 1.72 bits per heavy atom. The highest BCUT2D eigenvalue weighted by molar-refractivity contribution is 6.23. The summed E-state index contributed by atoms with van der Waals surface area (Å²) in [5, 5.41) is 26.3. The highest BCUT2D eigenvalue weighted by Gasteiger charge is 2.14. The molecule has 2 heterocycles. The molecule has 0 bridgehead atoms. The molecule has 7 rings (SSSR count). The van der Waals surface area contributed by atoms with Gasteiger partial charge in [-0.15, -0.1) is 0 Å². The molecule has 54 heavy (non-hydrogen) atoms. The first-order chi connectivity index (χ1) is 26.8. The van der Waals surface area contributed by atoms with Crippen LogP contribution < -0.4 is 26.6 Å². The highest BCUT2D eigenvalue weighted by Crippen LogP contribution is 2.36. The summed E-state index contributed by atoms with van der Waals surface area (Å²) in [5.41, 5.74) is 5.60. The van der Waals surface area contributed by atoms with Crippen LogP contribution in [-0.4, -0.2) is 108 Å². The van der Waals surface area contributed by atoms with Crippen LogP contribution in [0, 0.1) is 0 Å². The Labute approximate surface area is 324 Å². The van der Waals surface area contributed by atoms with Crippen LogP contribution in [0.5, 0.6) is 0 Å². The molecule has 5 N–H and O–H groups in total. The molecule has 0 atom stereocenters. The lowest BCUT2D eigenvalue weighted by atomic mass is 9.91. The van der Waals surface area contributed by atoms with Gasteiger partial charge in [0.2, 0.25) is 0 Å². The number of ether oxygens (including phenoxy) is 1. The molecule has 2 saturated heterocycles. The molecule has 2 aliphatic heterocycles. The van der Waals surface area contributed by atoms with E-state index >= 15 is 0 Å². The summed E-state index contributed by atoms with van der Waals surface area (Å²) in [4.78, 5) is 5.29. The summed E-state index contributed by atoms with van der Waals surface area (Å²) in [7, 11) is 0. The maximum absolute atomic E-state index is 6.44. The molecule has 5 aromatic carbocycles. The molecule has 290 valence electrons. The topological polar surface area (TPSA) is 75.9 Å². The zero-order valence-corrected chi connectivity index (χ0v) is 32.7. The second-order valence-corrected chi connectivity index (χ2v) is 15.6. The van der Waals surface area contributed by atoms with Crippen LogP contribution in [0.3, 0.4) is 0 Å². The number of benzene rings is 5. The molecule has 0 radical (unpaired) electrons. The van der Waals surface area contributed by atoms with E-state index in [-0.39, 0.29) is 0 Å². The Morgan fingerprint density at radius 1 is 0.481 bits per heavy atom. The number of unbranched alkanes of at least 4 members (excludes halogenated alkanes) is 1. The lowest BCUT2D eigenvalue weighted by molar-refractivity contribution is 0.117. The molecule has 2 fully saturated rings. The van der Waals surface area contributed by atoms with Crippen LogP contribution in [-0.2, 0) is 30.9 Å². The minimum atomic E-state index is 0.671. The zero-order valence-electron chi connectivity index (χ0n) is 32.7. The van der Waals surface area contributed by atoms with Gasteiger partial charge in [-0.3, -0.25) is 9.80 Å². The molecular weight excluding hydrogens is 667 g/mol. The highest BCUT2D eigenvalue weighted by atomic mass is 16.5. The average molecular weight is 732 g/mol. The number of rotatable bonds is 11. The normalized spacial score (nSPS) is 18.7. The van der Waals surface area contributed by atoms with E-state index < -0.39 is 0 Å². The molecule has 8 nitrogen and oxygen atoms in total. The number of hydrogen-bond donors (Lipinski definition) is 5. The van der Waals surface area contributed by atoms with E-state index in [1.54, 1.807) is 0 Å². The average Bonchev–Trinajstić information content (AvgIpc) is 3.17. The second-order valence-electron chi connectivity index (χ2n) is 15.6. The van der Waals surface area contributed by atoms with Gasteiger partial charge in [0.15, 0.2) is 0 Å². The van der Waals surface area contributed by atoms with Gasteiger partial charge in [0.05, 0.1) is 6.61 Å². The Bertz CT molecular complexity index is 1760. The molecule has 0 saturated carbocycles. The summed E-state index contributed by atoms with van der Waals surface area (Å²) < 4.78 is 6.44. The predicted octanol–water partition coefficient (Wildman–Crippen LogP) is 5.87. The molecule has 0 unspecified atom stereocenters. The van der Waals surface area contributed by atoms with Crippen LogP contribution in [0.15, 0.2) is 72.8 Å². The summed E-state index contributed by atoms with van der Waals surface area (Å²) >= 11 is 0. The zero-order chi connectivity index (χ0) is 36.6. The largest absolute Gasteiger partial charge is 0.377 e. The van der Waals surface area contributed by atoms with Gasteiger partial charge in [0, 0.05) is 98.2 Å². The van der Waals surface area contributed by atoms with E-state index in [9.17, 15) is 0 Å².